The first-order valence-electron chi connectivity index (χ1n) is 6.70. The molecule has 0 bridgehead atoms. The molecule has 0 radical (unpaired) electrons. The van der Waals surface area contributed by atoms with E-state index >= 15 is 0 Å². The fourth-order valence-electron chi connectivity index (χ4n) is 1.90. The van der Waals surface area contributed by atoms with Gasteiger partial charge in [0.1, 0.15) is 5.82 Å². The van der Waals surface area contributed by atoms with E-state index in [0.29, 0.717) is 5.95 Å². The molecular weight excluding hydrogens is 332 g/mol. The van der Waals surface area contributed by atoms with Crippen LogP contribution < -0.4 is 21.5 Å². The van der Waals surface area contributed by atoms with Crippen LogP contribution in [0, 0.1) is 0 Å². The molecule has 1 heterocycles. The Bertz CT molecular complexity index is 563. The van der Waals surface area contributed by atoms with Gasteiger partial charge in [-0.25, -0.2) is 10.8 Å². The average Bonchev–Trinajstić information content (AvgIpc) is 2.53. The second-order valence-electron chi connectivity index (χ2n) is 4.57. The van der Waals surface area contributed by atoms with Crippen molar-refractivity contribution in [2.45, 2.75) is 6.42 Å². The minimum atomic E-state index is 0.391. The summed E-state index contributed by atoms with van der Waals surface area (Å²) in [6, 6.07) is 10.3. The number of nitrogens with zero attached hydrogens (tertiary/aromatic N) is 3. The zero-order valence-electron chi connectivity index (χ0n) is 11.9. The molecule has 4 N–H and O–H groups in total. The molecule has 6 nitrogen and oxygen atoms in total. The first-order chi connectivity index (χ1) is 10.2. The summed E-state index contributed by atoms with van der Waals surface area (Å²) in [5.74, 6) is 6.43. The number of benzene rings is 1. The van der Waals surface area contributed by atoms with Crippen molar-refractivity contribution in [1.82, 2.24) is 9.97 Å². The second-order valence-corrected chi connectivity index (χ2v) is 5.43. The normalized spacial score (nSPS) is 10.2. The van der Waals surface area contributed by atoms with Crippen LogP contribution in [0.2, 0.25) is 0 Å². The highest BCUT2D eigenvalue weighted by Gasteiger charge is 2.04. The Morgan fingerprint density at radius 3 is 2.76 bits per heavy atom. The Morgan fingerprint density at radius 1 is 1.29 bits per heavy atom. The van der Waals surface area contributed by atoms with Gasteiger partial charge in [0.25, 0.3) is 0 Å². The van der Waals surface area contributed by atoms with E-state index in [1.165, 1.54) is 5.69 Å². The zero-order chi connectivity index (χ0) is 15.1. The standard InChI is InChI=1S/C14H19BrN6/c1-21(11-6-3-2-4-7-11)9-5-8-17-13-12(15)10-18-14(19-13)20-16/h2-4,6-7,10H,5,8-9,16H2,1H3,(H2,17,18,19,20). The number of halogens is 1. The van der Waals surface area contributed by atoms with Gasteiger partial charge in [-0.3, -0.25) is 5.43 Å². The first kappa shape index (κ1) is 15.5. The molecule has 0 saturated carbocycles. The molecule has 0 aliphatic carbocycles. The number of hydrogen-bond acceptors (Lipinski definition) is 6. The smallest absolute Gasteiger partial charge is 0.239 e. The van der Waals surface area contributed by atoms with Crippen molar-refractivity contribution in [1.29, 1.82) is 0 Å². The number of nitrogens with one attached hydrogen (secondary N) is 2. The van der Waals surface area contributed by atoms with Crippen molar-refractivity contribution in [2.24, 2.45) is 5.84 Å². The lowest BCUT2D eigenvalue weighted by Gasteiger charge is -2.19. The van der Waals surface area contributed by atoms with E-state index in [4.69, 9.17) is 5.84 Å². The fraction of sp³-hybridized carbons (Fsp3) is 0.286. The lowest BCUT2D eigenvalue weighted by molar-refractivity contribution is 0.813. The van der Waals surface area contributed by atoms with E-state index in [1.54, 1.807) is 6.20 Å². The molecule has 112 valence electrons. The van der Waals surface area contributed by atoms with Gasteiger partial charge >= 0.3 is 0 Å². The lowest BCUT2D eigenvalue weighted by Crippen LogP contribution is -2.21. The van der Waals surface area contributed by atoms with Gasteiger partial charge in [0, 0.05) is 32.0 Å². The van der Waals surface area contributed by atoms with E-state index in [-0.39, 0.29) is 0 Å². The molecule has 2 rings (SSSR count). The predicted octanol–water partition coefficient (Wildman–Crippen LogP) is 2.46. The molecule has 0 aliphatic rings. The molecule has 7 heteroatoms. The van der Waals surface area contributed by atoms with Crippen LogP contribution in [-0.2, 0) is 0 Å². The third-order valence-electron chi connectivity index (χ3n) is 3.03. The van der Waals surface area contributed by atoms with Gasteiger partial charge in [0.05, 0.1) is 4.47 Å². The molecule has 0 spiro atoms. The fourth-order valence-corrected chi connectivity index (χ4v) is 2.23. The summed E-state index contributed by atoms with van der Waals surface area (Å²) in [5, 5.41) is 3.27. The van der Waals surface area contributed by atoms with E-state index in [9.17, 15) is 0 Å². The second kappa shape index (κ2) is 7.80. The molecule has 0 fully saturated rings. The van der Waals surface area contributed by atoms with Crippen molar-refractivity contribution in [3.05, 3.63) is 41.0 Å². The van der Waals surface area contributed by atoms with Crippen molar-refractivity contribution in [2.75, 3.05) is 35.8 Å². The summed E-state index contributed by atoms with van der Waals surface area (Å²) in [6.07, 6.45) is 2.66. The van der Waals surface area contributed by atoms with E-state index < -0.39 is 0 Å². The molecule has 0 unspecified atom stereocenters. The Hall–Kier alpha value is -1.86. The number of rotatable bonds is 7. The maximum Gasteiger partial charge on any atom is 0.239 e. The highest BCUT2D eigenvalue weighted by atomic mass is 79.9. The first-order valence-corrected chi connectivity index (χ1v) is 7.49. The van der Waals surface area contributed by atoms with Gasteiger partial charge in [-0.05, 0) is 34.5 Å². The van der Waals surface area contributed by atoms with Gasteiger partial charge in [-0.1, -0.05) is 18.2 Å². The highest BCUT2D eigenvalue weighted by molar-refractivity contribution is 9.10. The Labute approximate surface area is 132 Å². The van der Waals surface area contributed by atoms with Crippen LogP contribution >= 0.6 is 15.9 Å². The summed E-state index contributed by atoms with van der Waals surface area (Å²) >= 11 is 3.41. The van der Waals surface area contributed by atoms with Crippen LogP contribution in [0.25, 0.3) is 0 Å². The van der Waals surface area contributed by atoms with Gasteiger partial charge in [-0.2, -0.15) is 4.98 Å². The number of hydrazine groups is 1. The highest BCUT2D eigenvalue weighted by Crippen LogP contribution is 2.19. The summed E-state index contributed by atoms with van der Waals surface area (Å²) in [6.45, 7) is 1.78. The van der Waals surface area contributed by atoms with Crippen LogP contribution in [-0.4, -0.2) is 30.1 Å². The minimum absolute atomic E-state index is 0.391. The van der Waals surface area contributed by atoms with Crippen molar-refractivity contribution in [3.63, 3.8) is 0 Å². The molecule has 0 aliphatic heterocycles. The number of hydrogen-bond donors (Lipinski definition) is 3. The third kappa shape index (κ3) is 4.57. The Kier molecular flexibility index (Phi) is 5.77. The topological polar surface area (TPSA) is 79.1 Å². The van der Waals surface area contributed by atoms with E-state index in [0.717, 1.165) is 29.8 Å². The van der Waals surface area contributed by atoms with Crippen molar-refractivity contribution < 1.29 is 0 Å². The van der Waals surface area contributed by atoms with Crippen LogP contribution in [0.3, 0.4) is 0 Å². The van der Waals surface area contributed by atoms with Gasteiger partial charge in [-0.15, -0.1) is 0 Å². The summed E-state index contributed by atoms with van der Waals surface area (Å²) in [7, 11) is 2.09. The SMILES string of the molecule is CN(CCCNc1nc(NN)ncc1Br)c1ccccc1. The Morgan fingerprint density at radius 2 is 2.05 bits per heavy atom. The van der Waals surface area contributed by atoms with Crippen molar-refractivity contribution in [3.8, 4) is 0 Å². The third-order valence-corrected chi connectivity index (χ3v) is 3.61. The number of nitrogen functional groups attached to an aromatic ring is 1. The monoisotopic (exact) mass is 350 g/mol. The number of aromatic nitrogens is 2. The van der Waals surface area contributed by atoms with Crippen LogP contribution in [0.5, 0.6) is 0 Å². The summed E-state index contributed by atoms with van der Waals surface area (Å²) in [4.78, 5) is 10.5. The molecular formula is C14H19BrN6. The van der Waals surface area contributed by atoms with Crippen LogP contribution in [0.1, 0.15) is 6.42 Å². The van der Waals surface area contributed by atoms with Crippen molar-refractivity contribution >= 4 is 33.4 Å². The molecule has 2 aromatic rings. The van der Waals surface area contributed by atoms with E-state index in [2.05, 4.69) is 60.7 Å². The largest absolute Gasteiger partial charge is 0.375 e. The summed E-state index contributed by atoms with van der Waals surface area (Å²) < 4.78 is 0.818. The number of nitrogens with two attached hydrogens (primary N) is 1. The number of anilines is 3. The average molecular weight is 351 g/mol. The minimum Gasteiger partial charge on any atom is -0.375 e. The molecule has 0 saturated heterocycles. The van der Waals surface area contributed by atoms with Gasteiger partial charge in [0.2, 0.25) is 5.95 Å². The number of para-hydroxylation sites is 1. The maximum absolute atomic E-state index is 5.30. The van der Waals surface area contributed by atoms with Crippen LogP contribution in [0.15, 0.2) is 41.0 Å². The molecule has 0 atom stereocenters. The summed E-state index contributed by atoms with van der Waals surface area (Å²) in [5.41, 5.74) is 3.65. The Balaban J connectivity index is 1.80. The van der Waals surface area contributed by atoms with Gasteiger partial charge in [0.15, 0.2) is 0 Å². The van der Waals surface area contributed by atoms with E-state index in [1.807, 2.05) is 18.2 Å². The molecule has 21 heavy (non-hydrogen) atoms. The molecule has 1 aromatic heterocycles. The van der Waals surface area contributed by atoms with Crippen LogP contribution in [0.4, 0.5) is 17.5 Å². The predicted molar refractivity (Wildman–Crippen MR) is 90.4 cm³/mol. The quantitative estimate of drug-likeness (QED) is 0.404. The lowest BCUT2D eigenvalue weighted by atomic mass is 10.3. The molecule has 0 amide bonds. The zero-order valence-corrected chi connectivity index (χ0v) is 13.5. The molecule has 1 aromatic carbocycles. The van der Waals surface area contributed by atoms with Gasteiger partial charge < -0.3 is 10.2 Å². The maximum atomic E-state index is 5.30.